The Morgan fingerprint density at radius 2 is 0.929 bits per heavy atom. The number of hydrogen-bond acceptors (Lipinski definition) is 1. The molecule has 9 aromatic rings. The number of anilines is 3. The molecule has 0 saturated carbocycles. The van der Waals surface area contributed by atoms with Crippen LogP contribution in [-0.2, 0) is 5.41 Å². The summed E-state index contributed by atoms with van der Waals surface area (Å²) in [5.74, 6) is 0. The largest absolute Gasteiger partial charge is 0.313 e. The van der Waals surface area contributed by atoms with Crippen LogP contribution >= 0.6 is 0 Å². The summed E-state index contributed by atoms with van der Waals surface area (Å²) < 4.78 is 2.44. The van der Waals surface area contributed by atoms with Crippen molar-refractivity contribution >= 4 is 28.0 Å². The van der Waals surface area contributed by atoms with Gasteiger partial charge in [-0.05, 0) is 123 Å². The molecule has 0 amide bonds. The summed E-state index contributed by atoms with van der Waals surface area (Å²) in [6.07, 6.45) is 0. The molecule has 8 aromatic carbocycles. The molecule has 0 saturated heterocycles. The molecule has 2 aliphatic rings. The molecule has 0 N–H and O–H groups in total. The van der Waals surface area contributed by atoms with Crippen LogP contribution in [0, 0.1) is 6.92 Å². The van der Waals surface area contributed by atoms with Crippen molar-refractivity contribution in [1.82, 2.24) is 4.57 Å². The normalized spacial score (nSPS) is 13.1. The van der Waals surface area contributed by atoms with Gasteiger partial charge in [-0.1, -0.05) is 147 Å². The van der Waals surface area contributed by atoms with Gasteiger partial charge in [-0.25, -0.2) is 0 Å². The van der Waals surface area contributed by atoms with Gasteiger partial charge in [0.05, 0.1) is 5.52 Å². The summed E-state index contributed by atoms with van der Waals surface area (Å²) in [5, 5.41) is 1.32. The van der Waals surface area contributed by atoms with Gasteiger partial charge >= 0.3 is 0 Å². The maximum atomic E-state index is 2.44. The van der Waals surface area contributed by atoms with E-state index in [4.69, 9.17) is 0 Å². The first-order valence-electron chi connectivity index (χ1n) is 19.6. The van der Waals surface area contributed by atoms with Crippen LogP contribution in [0.5, 0.6) is 0 Å². The van der Waals surface area contributed by atoms with Crippen molar-refractivity contribution < 1.29 is 0 Å². The number of rotatable bonds is 5. The monoisotopic (exact) mass is 716 g/mol. The minimum atomic E-state index is -0.0684. The summed E-state index contributed by atoms with van der Waals surface area (Å²) in [7, 11) is 0. The molecule has 0 unspecified atom stereocenters. The van der Waals surface area contributed by atoms with E-state index in [1.54, 1.807) is 0 Å². The Labute approximate surface area is 328 Å². The van der Waals surface area contributed by atoms with Crippen LogP contribution in [0.1, 0.15) is 30.7 Å². The van der Waals surface area contributed by atoms with E-state index < -0.39 is 0 Å². The lowest BCUT2D eigenvalue weighted by Gasteiger charge is -2.28. The van der Waals surface area contributed by atoms with E-state index in [-0.39, 0.29) is 5.41 Å². The van der Waals surface area contributed by atoms with Crippen molar-refractivity contribution in [2.75, 3.05) is 4.90 Å². The zero-order chi connectivity index (χ0) is 37.5. The SMILES string of the molecule is Cc1c2c3c(cccc3n1-c1ccc(-c3ccc(N(c4ccccc4)c4ccc5c(c4)C(C)(C)c4ccccc4-5)cc3)cc1)-c1ccccc1-c1ccccc1-2. The Kier molecular flexibility index (Phi) is 7.15. The number of benzene rings is 8. The molecule has 2 heteroatoms. The Morgan fingerprint density at radius 3 is 1.64 bits per heavy atom. The van der Waals surface area contributed by atoms with Gasteiger partial charge < -0.3 is 9.47 Å². The van der Waals surface area contributed by atoms with Gasteiger partial charge in [-0.2, -0.15) is 0 Å². The van der Waals surface area contributed by atoms with Crippen LogP contribution < -0.4 is 4.90 Å². The molecule has 266 valence electrons. The standard InChI is InChI=1S/C54H40N2/c1-35-52-47-20-10-9-17-43(47)42-16-7-8-18-44(42)48-21-13-23-51(53(48)52)55(35)39-28-24-36(25-29-39)37-26-30-40(31-27-37)56(38-14-5-4-6-15-38)41-32-33-46-45-19-11-12-22-49(45)54(2,3)50(46)34-41/h4-34H,1-3H3. The van der Waals surface area contributed by atoms with E-state index in [1.165, 1.54) is 89.0 Å². The van der Waals surface area contributed by atoms with E-state index in [9.17, 15) is 0 Å². The average molecular weight is 717 g/mol. The molecule has 56 heavy (non-hydrogen) atoms. The highest BCUT2D eigenvalue weighted by molar-refractivity contribution is 6.14. The van der Waals surface area contributed by atoms with Crippen LogP contribution in [0.15, 0.2) is 188 Å². The van der Waals surface area contributed by atoms with Crippen molar-refractivity contribution in [2.45, 2.75) is 26.2 Å². The van der Waals surface area contributed by atoms with Crippen molar-refractivity contribution in [3.63, 3.8) is 0 Å². The Morgan fingerprint density at radius 1 is 0.411 bits per heavy atom. The molecule has 0 atom stereocenters. The Bertz CT molecular complexity index is 2980. The van der Waals surface area contributed by atoms with Gasteiger partial charge in [0, 0.05) is 44.8 Å². The predicted molar refractivity (Wildman–Crippen MR) is 236 cm³/mol. The molecule has 0 spiro atoms. The average Bonchev–Trinajstić information content (AvgIpc) is 3.62. The predicted octanol–water partition coefficient (Wildman–Crippen LogP) is 14.7. The molecule has 11 rings (SSSR count). The minimum absolute atomic E-state index is 0.0684. The second-order valence-corrected chi connectivity index (χ2v) is 15.8. The van der Waals surface area contributed by atoms with Crippen LogP contribution in [0.2, 0.25) is 0 Å². The molecule has 0 bridgehead atoms. The maximum absolute atomic E-state index is 2.44. The van der Waals surface area contributed by atoms with Gasteiger partial charge in [-0.15, -0.1) is 0 Å². The smallest absolute Gasteiger partial charge is 0.0544 e. The topological polar surface area (TPSA) is 8.17 Å². The molecule has 2 aliphatic carbocycles. The van der Waals surface area contributed by atoms with E-state index in [0.29, 0.717) is 0 Å². The molecule has 2 nitrogen and oxygen atoms in total. The lowest BCUT2D eigenvalue weighted by Crippen LogP contribution is -2.16. The highest BCUT2D eigenvalue weighted by Crippen LogP contribution is 2.52. The summed E-state index contributed by atoms with van der Waals surface area (Å²) in [6.45, 7) is 6.97. The molecular formula is C54H40N2. The second kappa shape index (κ2) is 12.3. The van der Waals surface area contributed by atoms with E-state index in [2.05, 4.69) is 218 Å². The van der Waals surface area contributed by atoms with Crippen molar-refractivity contribution in [3.05, 3.63) is 205 Å². The summed E-state index contributed by atoms with van der Waals surface area (Å²) in [6, 6.07) is 69.2. The lowest BCUT2D eigenvalue weighted by molar-refractivity contribution is 0.660. The van der Waals surface area contributed by atoms with Gasteiger partial charge in [0.15, 0.2) is 0 Å². The Hall–Kier alpha value is -6.90. The fourth-order valence-electron chi connectivity index (χ4n) is 9.70. The van der Waals surface area contributed by atoms with E-state index in [1.807, 2.05) is 0 Å². The lowest BCUT2D eigenvalue weighted by atomic mass is 9.82. The maximum Gasteiger partial charge on any atom is 0.0544 e. The fraction of sp³-hybridized carbons (Fsp3) is 0.0741. The van der Waals surface area contributed by atoms with Gasteiger partial charge in [-0.3, -0.25) is 0 Å². The third kappa shape index (κ3) is 4.75. The molecule has 0 radical (unpaired) electrons. The first-order valence-corrected chi connectivity index (χ1v) is 19.6. The summed E-state index contributed by atoms with van der Waals surface area (Å²) in [5.41, 5.74) is 22.6. The molecule has 0 aliphatic heterocycles. The van der Waals surface area contributed by atoms with Crippen molar-refractivity contribution in [2.24, 2.45) is 0 Å². The molecule has 1 heterocycles. The minimum Gasteiger partial charge on any atom is -0.313 e. The number of fused-ring (bicyclic) bond motifs is 8. The number of nitrogens with zero attached hydrogens (tertiary/aromatic N) is 2. The first-order chi connectivity index (χ1) is 27.5. The van der Waals surface area contributed by atoms with Crippen LogP contribution in [0.4, 0.5) is 17.1 Å². The summed E-state index contributed by atoms with van der Waals surface area (Å²) >= 11 is 0. The number of hydrogen-bond donors (Lipinski definition) is 0. The summed E-state index contributed by atoms with van der Waals surface area (Å²) in [4.78, 5) is 2.38. The van der Waals surface area contributed by atoms with Gasteiger partial charge in [0.2, 0.25) is 0 Å². The fourth-order valence-corrected chi connectivity index (χ4v) is 9.70. The van der Waals surface area contributed by atoms with Gasteiger partial charge in [0.25, 0.3) is 0 Å². The van der Waals surface area contributed by atoms with Crippen molar-refractivity contribution in [1.29, 1.82) is 0 Å². The Balaban J connectivity index is 0.965. The number of para-hydroxylation sites is 1. The quantitative estimate of drug-likeness (QED) is 0.172. The third-order valence-corrected chi connectivity index (χ3v) is 12.4. The van der Waals surface area contributed by atoms with E-state index >= 15 is 0 Å². The number of aromatic nitrogens is 1. The first kappa shape index (κ1) is 32.5. The molecular weight excluding hydrogens is 677 g/mol. The third-order valence-electron chi connectivity index (χ3n) is 12.4. The van der Waals surface area contributed by atoms with Crippen molar-refractivity contribution in [3.8, 4) is 61.3 Å². The zero-order valence-corrected chi connectivity index (χ0v) is 31.8. The second-order valence-electron chi connectivity index (χ2n) is 15.8. The van der Waals surface area contributed by atoms with Gasteiger partial charge in [0.1, 0.15) is 0 Å². The van der Waals surface area contributed by atoms with Crippen LogP contribution in [-0.4, -0.2) is 4.57 Å². The molecule has 0 fully saturated rings. The van der Waals surface area contributed by atoms with Crippen LogP contribution in [0.25, 0.3) is 72.2 Å². The zero-order valence-electron chi connectivity index (χ0n) is 31.8. The highest BCUT2D eigenvalue weighted by atomic mass is 15.1. The van der Waals surface area contributed by atoms with Crippen LogP contribution in [0.3, 0.4) is 0 Å². The molecule has 1 aromatic heterocycles. The highest BCUT2D eigenvalue weighted by Gasteiger charge is 2.35. The van der Waals surface area contributed by atoms with E-state index in [0.717, 1.165) is 17.1 Å².